The van der Waals surface area contributed by atoms with E-state index in [0.717, 1.165) is 22.4 Å². The first-order chi connectivity index (χ1) is 9.69. The maximum Gasteiger partial charge on any atom is 0.318 e. The van der Waals surface area contributed by atoms with Crippen LogP contribution in [0.3, 0.4) is 0 Å². The van der Waals surface area contributed by atoms with Gasteiger partial charge < -0.3 is 10.1 Å². The van der Waals surface area contributed by atoms with Gasteiger partial charge in [0.15, 0.2) is 4.34 Å². The van der Waals surface area contributed by atoms with Gasteiger partial charge in [0.05, 0.1) is 7.11 Å². The number of rotatable bonds is 7. The lowest BCUT2D eigenvalue weighted by Gasteiger charge is -2.04. The zero-order valence-corrected chi connectivity index (χ0v) is 13.6. The third-order valence-electron chi connectivity index (χ3n) is 2.44. The summed E-state index contributed by atoms with van der Waals surface area (Å²) in [5, 5.41) is 13.9. The van der Waals surface area contributed by atoms with Crippen LogP contribution >= 0.6 is 34.4 Å². The third-order valence-corrected chi connectivity index (χ3v) is 5.42. The van der Waals surface area contributed by atoms with Gasteiger partial charge >= 0.3 is 5.97 Å². The summed E-state index contributed by atoms with van der Waals surface area (Å²) in [6.07, 6.45) is 0.971. The molecule has 1 atom stereocenters. The van der Waals surface area contributed by atoms with Crippen molar-refractivity contribution in [3.63, 3.8) is 0 Å². The lowest BCUT2D eigenvalue weighted by atomic mass is 10.3. The molecule has 8 heteroatoms. The molecule has 0 radical (unpaired) electrons. The summed E-state index contributed by atoms with van der Waals surface area (Å²) in [5.74, 6) is -0.252. The molecule has 0 fully saturated rings. The Bertz CT molecular complexity index is 542. The van der Waals surface area contributed by atoms with Crippen molar-refractivity contribution >= 4 is 45.5 Å². The van der Waals surface area contributed by atoms with Crippen LogP contribution in [0.25, 0.3) is 0 Å². The van der Waals surface area contributed by atoms with Gasteiger partial charge in [0, 0.05) is 11.4 Å². The second-order valence-electron chi connectivity index (χ2n) is 3.91. The number of carbonyl (C=O) groups excluding carboxylic acids is 1. The fourth-order valence-electron chi connectivity index (χ4n) is 1.44. The van der Waals surface area contributed by atoms with E-state index >= 15 is 0 Å². The standard InChI is InChI=1S/C12H15N3O2S3/c1-8(10(16)17-2)19-12-15-14-11(20-12)13-6-5-9-4-3-7-18-9/h3-4,7-8H,5-6H2,1-2H3,(H,13,14). The summed E-state index contributed by atoms with van der Waals surface area (Å²) >= 11 is 4.56. The Balaban J connectivity index is 1.78. The SMILES string of the molecule is COC(=O)C(C)Sc1nnc(NCCc2cccs2)s1. The van der Waals surface area contributed by atoms with E-state index in [1.165, 1.54) is 35.1 Å². The molecule has 2 rings (SSSR count). The van der Waals surface area contributed by atoms with Gasteiger partial charge in [-0.3, -0.25) is 4.79 Å². The van der Waals surface area contributed by atoms with E-state index < -0.39 is 0 Å². The highest BCUT2D eigenvalue weighted by atomic mass is 32.2. The number of nitrogens with one attached hydrogen (secondary N) is 1. The first-order valence-corrected chi connectivity index (χ1v) is 8.61. The minimum Gasteiger partial charge on any atom is -0.468 e. The van der Waals surface area contributed by atoms with Crippen LogP contribution < -0.4 is 5.32 Å². The summed E-state index contributed by atoms with van der Waals surface area (Å²) in [6.45, 7) is 2.62. The van der Waals surface area contributed by atoms with E-state index in [1.807, 2.05) is 6.07 Å². The summed E-state index contributed by atoms with van der Waals surface area (Å²) in [7, 11) is 1.39. The summed E-state index contributed by atoms with van der Waals surface area (Å²) in [4.78, 5) is 12.7. The van der Waals surface area contributed by atoms with Crippen molar-refractivity contribution in [2.75, 3.05) is 19.0 Å². The van der Waals surface area contributed by atoms with Gasteiger partial charge in [0.25, 0.3) is 0 Å². The van der Waals surface area contributed by atoms with Crippen molar-refractivity contribution in [1.82, 2.24) is 10.2 Å². The van der Waals surface area contributed by atoms with Crippen LogP contribution in [0, 0.1) is 0 Å². The molecule has 0 bridgehead atoms. The number of nitrogens with zero attached hydrogens (tertiary/aromatic N) is 2. The average molecular weight is 329 g/mol. The number of anilines is 1. The van der Waals surface area contributed by atoms with Gasteiger partial charge in [-0.1, -0.05) is 29.2 Å². The molecule has 0 saturated heterocycles. The van der Waals surface area contributed by atoms with Crippen molar-refractivity contribution < 1.29 is 9.53 Å². The predicted octanol–water partition coefficient (Wildman–Crippen LogP) is 2.91. The molecule has 2 aromatic rings. The largest absolute Gasteiger partial charge is 0.468 e. The van der Waals surface area contributed by atoms with Crippen molar-refractivity contribution in [2.24, 2.45) is 0 Å². The van der Waals surface area contributed by atoms with Crippen LogP contribution in [-0.4, -0.2) is 35.1 Å². The number of thioether (sulfide) groups is 1. The van der Waals surface area contributed by atoms with Crippen LogP contribution in [0.1, 0.15) is 11.8 Å². The summed E-state index contributed by atoms with van der Waals surface area (Å²) < 4.78 is 5.44. The van der Waals surface area contributed by atoms with Gasteiger partial charge in [-0.05, 0) is 24.8 Å². The van der Waals surface area contributed by atoms with E-state index in [1.54, 1.807) is 18.3 Å². The van der Waals surface area contributed by atoms with Crippen molar-refractivity contribution in [3.05, 3.63) is 22.4 Å². The van der Waals surface area contributed by atoms with Crippen molar-refractivity contribution in [3.8, 4) is 0 Å². The van der Waals surface area contributed by atoms with E-state index in [0.29, 0.717) is 0 Å². The molecule has 0 spiro atoms. The minimum absolute atomic E-state index is 0.252. The Morgan fingerprint density at radius 1 is 1.55 bits per heavy atom. The second kappa shape index (κ2) is 7.61. The number of thiophene rings is 1. The molecule has 108 valence electrons. The lowest BCUT2D eigenvalue weighted by Crippen LogP contribution is -2.14. The number of aromatic nitrogens is 2. The van der Waals surface area contributed by atoms with Crippen LogP contribution in [-0.2, 0) is 16.0 Å². The Morgan fingerprint density at radius 3 is 3.10 bits per heavy atom. The zero-order valence-electron chi connectivity index (χ0n) is 11.2. The highest BCUT2D eigenvalue weighted by molar-refractivity contribution is 8.02. The van der Waals surface area contributed by atoms with Crippen LogP contribution in [0.5, 0.6) is 0 Å². The Labute approximate surface area is 129 Å². The number of hydrogen-bond donors (Lipinski definition) is 1. The Morgan fingerprint density at radius 2 is 2.40 bits per heavy atom. The molecule has 20 heavy (non-hydrogen) atoms. The average Bonchev–Trinajstić information content (AvgIpc) is 3.10. The number of carbonyl (C=O) groups is 1. The van der Waals surface area contributed by atoms with Gasteiger partial charge in [-0.15, -0.1) is 21.5 Å². The van der Waals surface area contributed by atoms with Crippen molar-refractivity contribution in [2.45, 2.75) is 22.9 Å². The maximum atomic E-state index is 11.3. The normalized spacial score (nSPS) is 12.1. The van der Waals surface area contributed by atoms with E-state index in [-0.39, 0.29) is 11.2 Å². The molecule has 5 nitrogen and oxygen atoms in total. The first-order valence-electron chi connectivity index (χ1n) is 6.03. The molecule has 2 aromatic heterocycles. The Hall–Kier alpha value is -1.12. The smallest absolute Gasteiger partial charge is 0.318 e. The van der Waals surface area contributed by atoms with Gasteiger partial charge in [-0.25, -0.2) is 0 Å². The highest BCUT2D eigenvalue weighted by Crippen LogP contribution is 2.29. The summed E-state index contributed by atoms with van der Waals surface area (Å²) in [5.41, 5.74) is 0. The molecule has 0 aliphatic rings. The molecule has 0 aliphatic carbocycles. The predicted molar refractivity (Wildman–Crippen MR) is 83.8 cm³/mol. The molecule has 0 amide bonds. The van der Waals surface area contributed by atoms with E-state index in [2.05, 4.69) is 31.7 Å². The zero-order chi connectivity index (χ0) is 14.4. The molecule has 0 saturated carbocycles. The molecule has 1 N–H and O–H groups in total. The molecule has 0 aliphatic heterocycles. The number of ether oxygens (including phenoxy) is 1. The van der Waals surface area contributed by atoms with Gasteiger partial charge in [-0.2, -0.15) is 0 Å². The third kappa shape index (κ3) is 4.46. The minimum atomic E-state index is -0.271. The van der Waals surface area contributed by atoms with E-state index in [4.69, 9.17) is 0 Å². The van der Waals surface area contributed by atoms with Crippen molar-refractivity contribution in [1.29, 1.82) is 0 Å². The van der Waals surface area contributed by atoms with Gasteiger partial charge in [0.2, 0.25) is 5.13 Å². The van der Waals surface area contributed by atoms with Crippen LogP contribution in [0.4, 0.5) is 5.13 Å². The maximum absolute atomic E-state index is 11.3. The van der Waals surface area contributed by atoms with Gasteiger partial charge in [0.1, 0.15) is 5.25 Å². The fourth-order valence-corrected chi connectivity index (χ4v) is 4.10. The number of methoxy groups -OCH3 is 1. The lowest BCUT2D eigenvalue weighted by molar-refractivity contribution is -0.139. The highest BCUT2D eigenvalue weighted by Gasteiger charge is 2.17. The molecule has 2 heterocycles. The summed E-state index contributed by atoms with van der Waals surface area (Å²) in [6, 6.07) is 4.17. The number of esters is 1. The van der Waals surface area contributed by atoms with E-state index in [9.17, 15) is 4.79 Å². The second-order valence-corrected chi connectivity index (χ2v) is 7.51. The number of hydrogen-bond acceptors (Lipinski definition) is 8. The molecule has 0 aromatic carbocycles. The fraction of sp³-hybridized carbons (Fsp3) is 0.417. The molecule has 1 unspecified atom stereocenters. The van der Waals surface area contributed by atoms with Crippen LogP contribution in [0.15, 0.2) is 21.9 Å². The molecular weight excluding hydrogens is 314 g/mol. The first kappa shape index (κ1) is 15.3. The topological polar surface area (TPSA) is 64.1 Å². The quantitative estimate of drug-likeness (QED) is 0.622. The van der Waals surface area contributed by atoms with Crippen LogP contribution in [0.2, 0.25) is 0 Å². The Kier molecular flexibility index (Phi) is 5.81. The molecular formula is C12H15N3O2S3. The monoisotopic (exact) mass is 329 g/mol.